The normalized spacial score (nSPS) is 10.2. The summed E-state index contributed by atoms with van der Waals surface area (Å²) in [6.07, 6.45) is 0. The zero-order chi connectivity index (χ0) is 12.4. The lowest BCUT2D eigenvalue weighted by Gasteiger charge is -2.06. The van der Waals surface area contributed by atoms with Crippen molar-refractivity contribution in [3.63, 3.8) is 0 Å². The van der Waals surface area contributed by atoms with Crippen LogP contribution < -0.4 is 0 Å². The van der Waals surface area contributed by atoms with Gasteiger partial charge in [-0.3, -0.25) is 10.1 Å². The second-order valence-electron chi connectivity index (χ2n) is 3.40. The van der Waals surface area contributed by atoms with Gasteiger partial charge >= 0.3 is 0 Å². The highest BCUT2D eigenvalue weighted by Crippen LogP contribution is 2.35. The Hall–Kier alpha value is -1.58. The van der Waals surface area contributed by atoms with E-state index in [9.17, 15) is 10.1 Å². The Bertz CT molecular complexity index is 564. The first-order valence-electron chi connectivity index (χ1n) is 4.78. The van der Waals surface area contributed by atoms with E-state index >= 15 is 0 Å². The second-order valence-corrected chi connectivity index (χ2v) is 4.22. The van der Waals surface area contributed by atoms with Crippen molar-refractivity contribution >= 4 is 28.9 Å². The van der Waals surface area contributed by atoms with E-state index in [4.69, 9.17) is 23.2 Å². The Labute approximate surface area is 108 Å². The average molecular weight is 268 g/mol. The molecule has 0 fully saturated rings. The van der Waals surface area contributed by atoms with Gasteiger partial charge < -0.3 is 0 Å². The van der Waals surface area contributed by atoms with Gasteiger partial charge in [0.1, 0.15) is 0 Å². The van der Waals surface area contributed by atoms with Crippen LogP contribution in [-0.2, 0) is 0 Å². The molecule has 0 amide bonds. The molecule has 0 spiro atoms. The molecule has 0 saturated carbocycles. The van der Waals surface area contributed by atoms with E-state index in [2.05, 4.69) is 0 Å². The van der Waals surface area contributed by atoms with Gasteiger partial charge in [-0.2, -0.15) is 0 Å². The van der Waals surface area contributed by atoms with Gasteiger partial charge in [0, 0.05) is 27.7 Å². The number of benzene rings is 2. The minimum atomic E-state index is -0.450. The molecule has 0 aliphatic rings. The molecule has 0 aliphatic carbocycles. The minimum absolute atomic E-state index is 0.0125. The summed E-state index contributed by atoms with van der Waals surface area (Å²) in [4.78, 5) is 10.2. The van der Waals surface area contributed by atoms with Crippen molar-refractivity contribution in [2.45, 2.75) is 0 Å². The highest BCUT2D eigenvalue weighted by Gasteiger charge is 2.11. The Morgan fingerprint density at radius 1 is 1.00 bits per heavy atom. The second kappa shape index (κ2) is 4.73. The Morgan fingerprint density at radius 2 is 1.59 bits per heavy atom. The van der Waals surface area contributed by atoms with E-state index in [0.717, 1.165) is 0 Å². The van der Waals surface area contributed by atoms with Gasteiger partial charge in [-0.05, 0) is 17.7 Å². The molecule has 0 aliphatic heterocycles. The summed E-state index contributed by atoms with van der Waals surface area (Å²) in [7, 11) is 0. The predicted octanol–water partition coefficient (Wildman–Crippen LogP) is 4.57. The van der Waals surface area contributed by atoms with Crippen LogP contribution in [0.15, 0.2) is 42.5 Å². The summed E-state index contributed by atoms with van der Waals surface area (Å²) in [6, 6.07) is 11.3. The lowest BCUT2D eigenvalue weighted by molar-refractivity contribution is -0.384. The van der Waals surface area contributed by atoms with Gasteiger partial charge in [-0.15, -0.1) is 0 Å². The smallest absolute Gasteiger partial charge is 0.258 e. The van der Waals surface area contributed by atoms with E-state index in [0.29, 0.717) is 21.2 Å². The van der Waals surface area contributed by atoms with Crippen molar-refractivity contribution in [1.29, 1.82) is 0 Å². The van der Waals surface area contributed by atoms with Gasteiger partial charge in [0.2, 0.25) is 0 Å². The van der Waals surface area contributed by atoms with Crippen LogP contribution in [0.1, 0.15) is 0 Å². The van der Waals surface area contributed by atoms with Crippen LogP contribution in [0.5, 0.6) is 0 Å². The monoisotopic (exact) mass is 267 g/mol. The topological polar surface area (TPSA) is 43.1 Å². The number of nitro benzene ring substituents is 1. The Morgan fingerprint density at radius 3 is 2.18 bits per heavy atom. The SMILES string of the molecule is O=[N+]([O-])c1cccc(-c2c(Cl)cccc2Cl)c1. The fourth-order valence-corrected chi connectivity index (χ4v) is 2.16. The van der Waals surface area contributed by atoms with Gasteiger partial charge in [0.05, 0.1) is 4.92 Å². The molecule has 2 aromatic carbocycles. The average Bonchev–Trinajstić information content (AvgIpc) is 2.29. The highest BCUT2D eigenvalue weighted by molar-refractivity contribution is 6.39. The molecule has 86 valence electrons. The molecule has 2 rings (SSSR count). The molecular formula is C12H7Cl2NO2. The van der Waals surface area contributed by atoms with Gasteiger partial charge in [0.25, 0.3) is 5.69 Å². The molecule has 17 heavy (non-hydrogen) atoms. The van der Waals surface area contributed by atoms with Crippen LogP contribution >= 0.6 is 23.2 Å². The molecule has 0 saturated heterocycles. The fourth-order valence-electron chi connectivity index (χ4n) is 1.55. The molecular weight excluding hydrogens is 261 g/mol. The molecule has 3 nitrogen and oxygen atoms in total. The molecule has 0 heterocycles. The van der Waals surface area contributed by atoms with Crippen molar-refractivity contribution in [3.05, 3.63) is 62.6 Å². The first-order valence-corrected chi connectivity index (χ1v) is 5.54. The molecule has 0 bridgehead atoms. The van der Waals surface area contributed by atoms with E-state index in [1.807, 2.05) is 0 Å². The highest BCUT2D eigenvalue weighted by atomic mass is 35.5. The van der Waals surface area contributed by atoms with Crippen LogP contribution in [0.25, 0.3) is 11.1 Å². The van der Waals surface area contributed by atoms with E-state index in [-0.39, 0.29) is 5.69 Å². The number of nitro groups is 1. The van der Waals surface area contributed by atoms with Gasteiger partial charge in [-0.1, -0.05) is 41.4 Å². The van der Waals surface area contributed by atoms with Crippen LogP contribution in [-0.4, -0.2) is 4.92 Å². The van der Waals surface area contributed by atoms with E-state index < -0.39 is 4.92 Å². The number of hydrogen-bond donors (Lipinski definition) is 0. The fraction of sp³-hybridized carbons (Fsp3) is 0. The number of hydrogen-bond acceptors (Lipinski definition) is 2. The summed E-state index contributed by atoms with van der Waals surface area (Å²) < 4.78 is 0. The third kappa shape index (κ3) is 2.40. The summed E-state index contributed by atoms with van der Waals surface area (Å²) in [5, 5.41) is 11.6. The largest absolute Gasteiger partial charge is 0.270 e. The minimum Gasteiger partial charge on any atom is -0.258 e. The first kappa shape index (κ1) is 11.9. The maximum absolute atomic E-state index is 10.7. The molecule has 0 N–H and O–H groups in total. The summed E-state index contributed by atoms with van der Waals surface area (Å²) in [5.41, 5.74) is 1.26. The molecule has 0 unspecified atom stereocenters. The molecule has 0 atom stereocenters. The van der Waals surface area contributed by atoms with Crippen molar-refractivity contribution in [3.8, 4) is 11.1 Å². The number of halogens is 2. The molecule has 0 aromatic heterocycles. The molecule has 2 aromatic rings. The van der Waals surface area contributed by atoms with Crippen molar-refractivity contribution < 1.29 is 4.92 Å². The van der Waals surface area contributed by atoms with Crippen LogP contribution in [0.3, 0.4) is 0 Å². The Kier molecular flexibility index (Phi) is 3.31. The van der Waals surface area contributed by atoms with Crippen molar-refractivity contribution in [2.75, 3.05) is 0 Å². The van der Waals surface area contributed by atoms with Gasteiger partial charge in [0.15, 0.2) is 0 Å². The molecule has 0 radical (unpaired) electrons. The first-order chi connectivity index (χ1) is 8.09. The quantitative estimate of drug-likeness (QED) is 0.591. The summed E-state index contributed by atoms with van der Waals surface area (Å²) >= 11 is 12.1. The number of nitrogens with zero attached hydrogens (tertiary/aromatic N) is 1. The van der Waals surface area contributed by atoms with Gasteiger partial charge in [-0.25, -0.2) is 0 Å². The zero-order valence-corrected chi connectivity index (χ0v) is 10.1. The standard InChI is InChI=1S/C12H7Cl2NO2/c13-10-5-2-6-11(14)12(10)8-3-1-4-9(7-8)15(16)17/h1-7H. The van der Waals surface area contributed by atoms with Crippen molar-refractivity contribution in [1.82, 2.24) is 0 Å². The lowest BCUT2D eigenvalue weighted by atomic mass is 10.1. The predicted molar refractivity (Wildman–Crippen MR) is 68.6 cm³/mol. The van der Waals surface area contributed by atoms with E-state index in [1.54, 1.807) is 30.3 Å². The Balaban J connectivity index is 2.61. The van der Waals surface area contributed by atoms with Crippen LogP contribution in [0.2, 0.25) is 10.0 Å². The zero-order valence-electron chi connectivity index (χ0n) is 8.56. The van der Waals surface area contributed by atoms with Crippen LogP contribution in [0.4, 0.5) is 5.69 Å². The number of non-ortho nitro benzene ring substituents is 1. The van der Waals surface area contributed by atoms with Crippen molar-refractivity contribution in [2.24, 2.45) is 0 Å². The number of rotatable bonds is 2. The lowest BCUT2D eigenvalue weighted by Crippen LogP contribution is -1.88. The van der Waals surface area contributed by atoms with Crippen LogP contribution in [0, 0.1) is 10.1 Å². The maximum atomic E-state index is 10.7. The van der Waals surface area contributed by atoms with E-state index in [1.165, 1.54) is 12.1 Å². The third-order valence-electron chi connectivity index (χ3n) is 2.31. The summed E-state index contributed by atoms with van der Waals surface area (Å²) in [6.45, 7) is 0. The maximum Gasteiger partial charge on any atom is 0.270 e. The molecule has 5 heteroatoms. The summed E-state index contributed by atoms with van der Waals surface area (Å²) in [5.74, 6) is 0. The third-order valence-corrected chi connectivity index (χ3v) is 2.94.